The molecule has 0 saturated heterocycles. The lowest BCUT2D eigenvalue weighted by molar-refractivity contribution is 0.457. The van der Waals surface area contributed by atoms with Crippen molar-refractivity contribution in [3.05, 3.63) is 97.1 Å². The van der Waals surface area contributed by atoms with Crippen molar-refractivity contribution in [1.82, 2.24) is 0 Å². The van der Waals surface area contributed by atoms with E-state index in [-0.39, 0.29) is 5.56 Å². The van der Waals surface area contributed by atoms with Gasteiger partial charge >= 0.3 is 0 Å². The van der Waals surface area contributed by atoms with Gasteiger partial charge in [0.15, 0.2) is 0 Å². The fraction of sp³-hybridized carbons (Fsp3) is 0. The molecule has 0 aliphatic rings. The molecule has 0 bridgehead atoms. The van der Waals surface area contributed by atoms with Crippen molar-refractivity contribution in [2.75, 3.05) is 0 Å². The Hall–Kier alpha value is -3.62. The maximum atomic E-state index is 13.7. The minimum atomic E-state index is -4.49. The van der Waals surface area contributed by atoms with Crippen molar-refractivity contribution in [3.8, 4) is 22.6 Å². The van der Waals surface area contributed by atoms with Crippen molar-refractivity contribution in [2.24, 2.45) is 0 Å². The van der Waals surface area contributed by atoms with Gasteiger partial charge in [-0.15, -0.1) is 0 Å². The molecule has 0 fully saturated rings. The fourth-order valence-corrected chi connectivity index (χ4v) is 7.18. The van der Waals surface area contributed by atoms with Crippen molar-refractivity contribution < 1.29 is 27.0 Å². The largest absolute Gasteiger partial charge is 0.507 e. The molecule has 0 aromatic heterocycles. The van der Waals surface area contributed by atoms with Gasteiger partial charge < -0.3 is 10.2 Å². The molecule has 0 saturated carbocycles. The van der Waals surface area contributed by atoms with E-state index in [1.807, 2.05) is 0 Å². The van der Waals surface area contributed by atoms with Crippen LogP contribution >= 0.6 is 0 Å². The highest BCUT2D eigenvalue weighted by molar-refractivity contribution is 7.94. The normalized spacial score (nSPS) is 11.9. The van der Waals surface area contributed by atoms with Gasteiger partial charge in [0.25, 0.3) is 0 Å². The van der Waals surface area contributed by atoms with Crippen LogP contribution in [0.2, 0.25) is 0 Å². The molecule has 0 radical (unpaired) electrons. The Morgan fingerprint density at radius 2 is 0.938 bits per heavy atom. The number of rotatable bonds is 5. The number of sulfone groups is 2. The molecule has 0 aliphatic carbocycles. The maximum Gasteiger partial charge on any atom is 0.212 e. The van der Waals surface area contributed by atoms with Gasteiger partial charge in [0, 0.05) is 5.56 Å². The zero-order chi connectivity index (χ0) is 22.9. The standard InChI is InChI=1S/C24H18O6S2/c25-19-12-4-6-14-21(19)31(27,28)23-16-8-11-18(17-9-2-1-3-10-17)24(23)32(29,30)22-15-7-5-13-20(22)26/h1-16,25-26H. The van der Waals surface area contributed by atoms with Crippen LogP contribution in [0, 0.1) is 0 Å². The quantitative estimate of drug-likeness (QED) is 0.450. The minimum Gasteiger partial charge on any atom is -0.507 e. The van der Waals surface area contributed by atoms with Crippen LogP contribution in [0.1, 0.15) is 0 Å². The predicted octanol–water partition coefficient (Wildman–Crippen LogP) is 4.43. The zero-order valence-corrected chi connectivity index (χ0v) is 18.2. The maximum absolute atomic E-state index is 13.7. The Balaban J connectivity index is 2.12. The third-order valence-corrected chi connectivity index (χ3v) is 8.81. The Labute approximate surface area is 185 Å². The molecule has 0 amide bonds. The monoisotopic (exact) mass is 466 g/mol. The molecule has 8 heteroatoms. The average molecular weight is 467 g/mol. The Morgan fingerprint density at radius 3 is 1.50 bits per heavy atom. The van der Waals surface area contributed by atoms with Crippen LogP contribution in [0.25, 0.3) is 11.1 Å². The second kappa shape index (κ2) is 8.14. The van der Waals surface area contributed by atoms with Crippen LogP contribution in [-0.4, -0.2) is 27.0 Å². The van der Waals surface area contributed by atoms with Gasteiger partial charge in [0.2, 0.25) is 19.7 Å². The predicted molar refractivity (Wildman–Crippen MR) is 119 cm³/mol. The number of phenolic OH excluding ortho intramolecular Hbond substituents is 2. The molecule has 6 nitrogen and oxygen atoms in total. The molecular weight excluding hydrogens is 448 g/mol. The first-order chi connectivity index (χ1) is 15.2. The molecule has 32 heavy (non-hydrogen) atoms. The second-order valence-corrected chi connectivity index (χ2v) is 10.7. The van der Waals surface area contributed by atoms with E-state index < -0.39 is 50.8 Å². The summed E-state index contributed by atoms with van der Waals surface area (Å²) in [6, 6.07) is 23.3. The topological polar surface area (TPSA) is 109 Å². The Kier molecular flexibility index (Phi) is 5.50. The van der Waals surface area contributed by atoms with Crippen molar-refractivity contribution in [2.45, 2.75) is 19.6 Å². The molecule has 0 aliphatic heterocycles. The van der Waals surface area contributed by atoms with Crippen LogP contribution in [0.3, 0.4) is 0 Å². The van der Waals surface area contributed by atoms with Crippen LogP contribution in [-0.2, 0) is 19.7 Å². The molecule has 162 valence electrons. The van der Waals surface area contributed by atoms with Gasteiger partial charge in [0.05, 0.1) is 9.79 Å². The molecular formula is C24H18O6S2. The average Bonchev–Trinajstić information content (AvgIpc) is 2.79. The van der Waals surface area contributed by atoms with Gasteiger partial charge in [0.1, 0.15) is 21.3 Å². The number of phenols is 2. The lowest BCUT2D eigenvalue weighted by Gasteiger charge is -2.17. The molecule has 0 spiro atoms. The summed E-state index contributed by atoms with van der Waals surface area (Å²) in [7, 11) is -8.94. The smallest absolute Gasteiger partial charge is 0.212 e. The Bertz CT molecular complexity index is 1510. The first kappa shape index (κ1) is 21.6. The van der Waals surface area contributed by atoms with E-state index in [2.05, 4.69) is 0 Å². The summed E-state index contributed by atoms with van der Waals surface area (Å²) in [4.78, 5) is -1.81. The van der Waals surface area contributed by atoms with E-state index in [0.29, 0.717) is 5.56 Å². The number of hydrogen-bond donors (Lipinski definition) is 2. The summed E-state index contributed by atoms with van der Waals surface area (Å²) in [5.74, 6) is -0.996. The molecule has 4 rings (SSSR count). The summed E-state index contributed by atoms with van der Waals surface area (Å²) in [5, 5.41) is 20.4. The molecule has 4 aromatic carbocycles. The molecule has 4 aromatic rings. The number of benzene rings is 4. The van der Waals surface area contributed by atoms with E-state index in [1.54, 1.807) is 30.3 Å². The Morgan fingerprint density at radius 1 is 0.469 bits per heavy atom. The number of hydrogen-bond acceptors (Lipinski definition) is 6. The van der Waals surface area contributed by atoms with Crippen LogP contribution < -0.4 is 0 Å². The van der Waals surface area contributed by atoms with Crippen molar-refractivity contribution in [3.63, 3.8) is 0 Å². The van der Waals surface area contributed by atoms with E-state index >= 15 is 0 Å². The highest BCUT2D eigenvalue weighted by Crippen LogP contribution is 2.41. The summed E-state index contributed by atoms with van der Waals surface area (Å²) < 4.78 is 54.6. The second-order valence-electron chi connectivity index (χ2n) is 6.94. The summed E-state index contributed by atoms with van der Waals surface area (Å²) in [6.45, 7) is 0. The number of para-hydroxylation sites is 2. The summed E-state index contributed by atoms with van der Waals surface area (Å²) >= 11 is 0. The highest BCUT2D eigenvalue weighted by atomic mass is 32.2. The van der Waals surface area contributed by atoms with Crippen LogP contribution in [0.4, 0.5) is 0 Å². The number of aromatic hydroxyl groups is 2. The highest BCUT2D eigenvalue weighted by Gasteiger charge is 2.34. The first-order valence-electron chi connectivity index (χ1n) is 9.49. The third-order valence-electron chi connectivity index (χ3n) is 4.93. The molecule has 0 unspecified atom stereocenters. The SMILES string of the molecule is O=S(=O)(c1ccccc1O)c1cccc(-c2ccccc2)c1S(=O)(=O)c1ccccc1O. The summed E-state index contributed by atoms with van der Waals surface area (Å²) in [5.41, 5.74) is 0.640. The van der Waals surface area contributed by atoms with E-state index in [0.717, 1.165) is 0 Å². The molecule has 0 atom stereocenters. The zero-order valence-electron chi connectivity index (χ0n) is 16.6. The van der Waals surface area contributed by atoms with Crippen LogP contribution in [0.5, 0.6) is 11.5 Å². The van der Waals surface area contributed by atoms with Gasteiger partial charge in [-0.3, -0.25) is 0 Å². The molecule has 2 N–H and O–H groups in total. The van der Waals surface area contributed by atoms with Crippen molar-refractivity contribution >= 4 is 19.7 Å². The van der Waals surface area contributed by atoms with Gasteiger partial charge in [-0.1, -0.05) is 66.7 Å². The molecule has 0 heterocycles. The van der Waals surface area contributed by atoms with E-state index in [4.69, 9.17) is 0 Å². The minimum absolute atomic E-state index is 0.158. The fourth-order valence-electron chi connectivity index (χ4n) is 3.45. The van der Waals surface area contributed by atoms with Crippen LogP contribution in [0.15, 0.2) is 117 Å². The lowest BCUT2D eigenvalue weighted by Crippen LogP contribution is -2.13. The third kappa shape index (κ3) is 3.63. The van der Waals surface area contributed by atoms with E-state index in [1.165, 1.54) is 66.7 Å². The van der Waals surface area contributed by atoms with Gasteiger partial charge in [-0.05, 0) is 35.9 Å². The van der Waals surface area contributed by atoms with Gasteiger partial charge in [-0.25, -0.2) is 16.8 Å². The first-order valence-corrected chi connectivity index (χ1v) is 12.5. The van der Waals surface area contributed by atoms with E-state index in [9.17, 15) is 27.0 Å². The van der Waals surface area contributed by atoms with Crippen molar-refractivity contribution in [1.29, 1.82) is 0 Å². The van der Waals surface area contributed by atoms with Gasteiger partial charge in [-0.2, -0.15) is 0 Å². The summed E-state index contributed by atoms with van der Waals surface area (Å²) in [6.07, 6.45) is 0. The lowest BCUT2D eigenvalue weighted by atomic mass is 10.1.